The molecule has 140 valence electrons. The fourth-order valence-corrected chi connectivity index (χ4v) is 4.52. The van der Waals surface area contributed by atoms with Crippen LogP contribution >= 0.6 is 27.3 Å². The molecule has 1 amide bonds. The summed E-state index contributed by atoms with van der Waals surface area (Å²) >= 11 is 4.93. The SMILES string of the molecule is CCS(=O)(=O)c1ccc(NC(=O)Cc2csc(-c3cccc(Br)c3)n2)cc1. The zero-order chi connectivity index (χ0) is 19.4. The second-order valence-corrected chi connectivity index (χ2v) is 9.86. The number of anilines is 1. The van der Waals surface area contributed by atoms with E-state index in [9.17, 15) is 13.2 Å². The zero-order valence-electron chi connectivity index (χ0n) is 14.5. The number of nitrogens with zero attached hydrogens (tertiary/aromatic N) is 1. The maximum atomic E-state index is 12.2. The number of carbonyl (C=O) groups excluding carboxylic acids is 1. The van der Waals surface area contributed by atoms with Gasteiger partial charge in [-0.1, -0.05) is 35.0 Å². The molecule has 0 atom stereocenters. The van der Waals surface area contributed by atoms with E-state index in [0.717, 1.165) is 15.0 Å². The van der Waals surface area contributed by atoms with Gasteiger partial charge in [-0.25, -0.2) is 13.4 Å². The van der Waals surface area contributed by atoms with Crippen molar-refractivity contribution in [2.24, 2.45) is 0 Å². The van der Waals surface area contributed by atoms with Gasteiger partial charge < -0.3 is 5.32 Å². The van der Waals surface area contributed by atoms with E-state index in [-0.39, 0.29) is 23.0 Å². The fourth-order valence-electron chi connectivity index (χ4n) is 2.42. The summed E-state index contributed by atoms with van der Waals surface area (Å²) in [5.41, 5.74) is 2.24. The Balaban J connectivity index is 1.65. The summed E-state index contributed by atoms with van der Waals surface area (Å²) in [6.07, 6.45) is 0.152. The number of nitrogens with one attached hydrogen (secondary N) is 1. The predicted molar refractivity (Wildman–Crippen MR) is 112 cm³/mol. The van der Waals surface area contributed by atoms with Crippen molar-refractivity contribution in [2.75, 3.05) is 11.1 Å². The number of hydrogen-bond acceptors (Lipinski definition) is 5. The van der Waals surface area contributed by atoms with Crippen molar-refractivity contribution in [3.63, 3.8) is 0 Å². The Morgan fingerprint density at radius 3 is 2.59 bits per heavy atom. The number of halogens is 1. The van der Waals surface area contributed by atoms with Crippen LogP contribution in [-0.4, -0.2) is 25.1 Å². The molecule has 0 spiro atoms. The molecule has 0 aliphatic rings. The summed E-state index contributed by atoms with van der Waals surface area (Å²) in [7, 11) is -3.24. The van der Waals surface area contributed by atoms with Gasteiger partial charge in [0.2, 0.25) is 5.91 Å². The molecular weight excluding hydrogens is 448 g/mol. The van der Waals surface area contributed by atoms with Crippen LogP contribution < -0.4 is 5.32 Å². The van der Waals surface area contributed by atoms with E-state index >= 15 is 0 Å². The van der Waals surface area contributed by atoms with Crippen LogP contribution in [0.3, 0.4) is 0 Å². The molecule has 3 rings (SSSR count). The van der Waals surface area contributed by atoms with E-state index in [1.165, 1.54) is 23.5 Å². The summed E-state index contributed by atoms with van der Waals surface area (Å²) in [6, 6.07) is 14.0. The van der Waals surface area contributed by atoms with Crippen molar-refractivity contribution in [2.45, 2.75) is 18.2 Å². The average molecular weight is 465 g/mol. The Hall–Kier alpha value is -2.03. The standard InChI is InChI=1S/C19H17BrN2O3S2/c1-2-27(24,25)17-8-6-15(7-9-17)21-18(23)11-16-12-26-19(22-16)13-4-3-5-14(20)10-13/h3-10,12H,2,11H2,1H3,(H,21,23). The molecule has 0 unspecified atom stereocenters. The minimum Gasteiger partial charge on any atom is -0.326 e. The number of hydrogen-bond donors (Lipinski definition) is 1. The van der Waals surface area contributed by atoms with E-state index in [4.69, 9.17) is 0 Å². The molecule has 1 aromatic heterocycles. The minimum atomic E-state index is -3.24. The first-order valence-electron chi connectivity index (χ1n) is 8.20. The number of rotatable bonds is 6. The molecular formula is C19H17BrN2O3S2. The maximum Gasteiger partial charge on any atom is 0.230 e. The molecule has 0 saturated carbocycles. The van der Waals surface area contributed by atoms with Gasteiger partial charge in [0.25, 0.3) is 0 Å². The Morgan fingerprint density at radius 2 is 1.93 bits per heavy atom. The van der Waals surface area contributed by atoms with Crippen molar-refractivity contribution in [3.05, 3.63) is 64.1 Å². The zero-order valence-corrected chi connectivity index (χ0v) is 17.7. The van der Waals surface area contributed by atoms with E-state index in [1.807, 2.05) is 29.6 Å². The topological polar surface area (TPSA) is 76.1 Å². The Morgan fingerprint density at radius 1 is 1.19 bits per heavy atom. The third-order valence-corrected chi connectivity index (χ3v) is 7.03. The Bertz CT molecular complexity index is 1060. The fraction of sp³-hybridized carbons (Fsp3) is 0.158. The maximum absolute atomic E-state index is 12.2. The van der Waals surface area contributed by atoms with Crippen LogP contribution in [0.4, 0.5) is 5.69 Å². The third-order valence-electron chi connectivity index (χ3n) is 3.84. The highest BCUT2D eigenvalue weighted by atomic mass is 79.9. The summed E-state index contributed by atoms with van der Waals surface area (Å²) in [4.78, 5) is 17.0. The van der Waals surface area contributed by atoms with Crippen LogP contribution in [0.25, 0.3) is 10.6 Å². The lowest BCUT2D eigenvalue weighted by molar-refractivity contribution is -0.115. The molecule has 0 fully saturated rings. The van der Waals surface area contributed by atoms with Crippen LogP contribution in [0, 0.1) is 0 Å². The van der Waals surface area contributed by atoms with Gasteiger partial charge in [-0.05, 0) is 36.4 Å². The van der Waals surface area contributed by atoms with Gasteiger partial charge in [0.05, 0.1) is 22.8 Å². The molecule has 0 aliphatic heterocycles. The highest BCUT2D eigenvalue weighted by Crippen LogP contribution is 2.26. The van der Waals surface area contributed by atoms with Crippen molar-refractivity contribution in [1.82, 2.24) is 4.98 Å². The predicted octanol–water partition coefficient (Wildman–Crippen LogP) is 4.55. The highest BCUT2D eigenvalue weighted by Gasteiger charge is 2.12. The van der Waals surface area contributed by atoms with Gasteiger partial charge in [-0.2, -0.15) is 0 Å². The second-order valence-electron chi connectivity index (χ2n) is 5.81. The summed E-state index contributed by atoms with van der Waals surface area (Å²) < 4.78 is 24.6. The Labute approximate surface area is 170 Å². The number of thiazole rings is 1. The van der Waals surface area contributed by atoms with Gasteiger partial charge in [0.1, 0.15) is 5.01 Å². The molecule has 0 aliphatic carbocycles. The lowest BCUT2D eigenvalue weighted by Gasteiger charge is -2.06. The monoisotopic (exact) mass is 464 g/mol. The molecule has 3 aromatic rings. The number of sulfone groups is 1. The first kappa shape index (κ1) is 19.7. The first-order valence-corrected chi connectivity index (χ1v) is 11.5. The van der Waals surface area contributed by atoms with Gasteiger partial charge in [-0.3, -0.25) is 4.79 Å². The first-order chi connectivity index (χ1) is 12.9. The third kappa shape index (κ3) is 5.03. The number of aromatic nitrogens is 1. The van der Waals surface area contributed by atoms with Crippen molar-refractivity contribution in [3.8, 4) is 10.6 Å². The van der Waals surface area contributed by atoms with Crippen molar-refractivity contribution < 1.29 is 13.2 Å². The van der Waals surface area contributed by atoms with Crippen molar-refractivity contribution in [1.29, 1.82) is 0 Å². The van der Waals surface area contributed by atoms with Gasteiger partial charge in [-0.15, -0.1) is 11.3 Å². The molecule has 5 nitrogen and oxygen atoms in total. The molecule has 0 radical (unpaired) electrons. The van der Waals surface area contributed by atoms with E-state index < -0.39 is 9.84 Å². The summed E-state index contributed by atoms with van der Waals surface area (Å²) in [5.74, 6) is -0.157. The van der Waals surface area contributed by atoms with Crippen LogP contribution in [0.1, 0.15) is 12.6 Å². The van der Waals surface area contributed by atoms with E-state index in [1.54, 1.807) is 19.1 Å². The van der Waals surface area contributed by atoms with Gasteiger partial charge in [0.15, 0.2) is 9.84 Å². The van der Waals surface area contributed by atoms with Crippen LogP contribution in [-0.2, 0) is 21.1 Å². The normalized spacial score (nSPS) is 11.3. The molecule has 1 N–H and O–H groups in total. The highest BCUT2D eigenvalue weighted by molar-refractivity contribution is 9.10. The summed E-state index contributed by atoms with van der Waals surface area (Å²) in [6.45, 7) is 1.60. The summed E-state index contributed by atoms with van der Waals surface area (Å²) in [5, 5.41) is 5.49. The van der Waals surface area contributed by atoms with Crippen LogP contribution in [0.2, 0.25) is 0 Å². The molecule has 2 aromatic carbocycles. The van der Waals surface area contributed by atoms with Crippen LogP contribution in [0.5, 0.6) is 0 Å². The molecule has 0 bridgehead atoms. The molecule has 0 saturated heterocycles. The minimum absolute atomic E-state index is 0.0445. The number of carbonyl (C=O) groups is 1. The van der Waals surface area contributed by atoms with Crippen LogP contribution in [0.15, 0.2) is 63.3 Å². The second kappa shape index (κ2) is 8.33. The Kier molecular flexibility index (Phi) is 6.08. The number of amides is 1. The van der Waals surface area contributed by atoms with Gasteiger partial charge in [0, 0.05) is 21.1 Å². The average Bonchev–Trinajstić information content (AvgIpc) is 3.10. The lowest BCUT2D eigenvalue weighted by Crippen LogP contribution is -2.14. The quantitative estimate of drug-likeness (QED) is 0.580. The number of benzene rings is 2. The smallest absolute Gasteiger partial charge is 0.230 e. The largest absolute Gasteiger partial charge is 0.326 e. The van der Waals surface area contributed by atoms with E-state index in [2.05, 4.69) is 26.2 Å². The lowest BCUT2D eigenvalue weighted by atomic mass is 10.2. The molecule has 8 heteroatoms. The van der Waals surface area contributed by atoms with E-state index in [0.29, 0.717) is 11.4 Å². The molecule has 1 heterocycles. The van der Waals surface area contributed by atoms with Gasteiger partial charge >= 0.3 is 0 Å². The van der Waals surface area contributed by atoms with Crippen molar-refractivity contribution >= 4 is 48.7 Å². The molecule has 27 heavy (non-hydrogen) atoms.